The van der Waals surface area contributed by atoms with Gasteiger partial charge in [-0.2, -0.15) is 0 Å². The van der Waals surface area contributed by atoms with Gasteiger partial charge in [-0.25, -0.2) is 0 Å². The van der Waals surface area contributed by atoms with Crippen LogP contribution in [0.2, 0.25) is 0 Å². The number of hydrogen-bond acceptors (Lipinski definition) is 1. The lowest BCUT2D eigenvalue weighted by Crippen LogP contribution is -2.21. The molecule has 1 nitrogen and oxygen atoms in total. The summed E-state index contributed by atoms with van der Waals surface area (Å²) in [5, 5.41) is 0. The van der Waals surface area contributed by atoms with E-state index in [9.17, 15) is 0 Å². The van der Waals surface area contributed by atoms with Crippen LogP contribution >= 0.6 is 0 Å². The molecule has 0 aromatic heterocycles. The Bertz CT molecular complexity index is 559. The van der Waals surface area contributed by atoms with Crippen molar-refractivity contribution in [3.05, 3.63) is 65.3 Å². The maximum absolute atomic E-state index is 5.59. The number of allylic oxidation sites excluding steroid dienone is 6. The molecule has 0 amide bonds. The van der Waals surface area contributed by atoms with Crippen LogP contribution in [-0.2, 0) is 11.8 Å². The monoisotopic (exact) mass is 268 g/mol. The van der Waals surface area contributed by atoms with E-state index in [2.05, 4.69) is 69.4 Å². The van der Waals surface area contributed by atoms with E-state index < -0.39 is 0 Å². The normalized spacial score (nSPS) is 14.9. The minimum Gasteiger partial charge on any atom is -0.496 e. The maximum Gasteiger partial charge on any atom is 0.122 e. The summed E-state index contributed by atoms with van der Waals surface area (Å²) < 4.78 is 5.59. The van der Waals surface area contributed by atoms with Crippen molar-refractivity contribution in [1.29, 1.82) is 0 Å². The maximum atomic E-state index is 5.59. The molecule has 0 unspecified atom stereocenters. The van der Waals surface area contributed by atoms with Gasteiger partial charge in [0.15, 0.2) is 0 Å². The molecule has 0 aliphatic heterocycles. The van der Waals surface area contributed by atoms with Gasteiger partial charge in [-0.3, -0.25) is 0 Å². The lowest BCUT2D eigenvalue weighted by Gasteiger charge is -2.30. The van der Waals surface area contributed by atoms with Crippen molar-refractivity contribution in [2.45, 2.75) is 39.0 Å². The predicted molar refractivity (Wildman–Crippen MR) is 86.4 cm³/mol. The topological polar surface area (TPSA) is 9.23 Å². The Balaban J connectivity index is 2.49. The van der Waals surface area contributed by atoms with Crippen molar-refractivity contribution in [3.63, 3.8) is 0 Å². The zero-order chi connectivity index (χ0) is 14.6. The Morgan fingerprint density at radius 3 is 2.65 bits per heavy atom. The van der Waals surface area contributed by atoms with Crippen LogP contribution in [0.5, 0.6) is 5.75 Å². The van der Waals surface area contributed by atoms with Crippen LogP contribution in [0.15, 0.2) is 54.2 Å². The van der Waals surface area contributed by atoms with Crippen LogP contribution < -0.4 is 4.74 Å². The molecule has 20 heavy (non-hydrogen) atoms. The molecule has 1 aromatic carbocycles. The van der Waals surface area contributed by atoms with Crippen molar-refractivity contribution in [3.8, 4) is 5.75 Å². The van der Waals surface area contributed by atoms with Crippen molar-refractivity contribution in [1.82, 2.24) is 0 Å². The van der Waals surface area contributed by atoms with Crippen molar-refractivity contribution >= 4 is 0 Å². The first-order chi connectivity index (χ1) is 9.59. The van der Waals surface area contributed by atoms with Crippen LogP contribution in [0.4, 0.5) is 0 Å². The third-order valence-corrected chi connectivity index (χ3v) is 4.14. The van der Waals surface area contributed by atoms with E-state index in [0.717, 1.165) is 18.6 Å². The summed E-state index contributed by atoms with van der Waals surface area (Å²) in [4.78, 5) is 0. The van der Waals surface area contributed by atoms with Crippen molar-refractivity contribution in [2.24, 2.45) is 0 Å². The highest BCUT2D eigenvalue weighted by molar-refractivity contribution is 5.48. The zero-order valence-corrected chi connectivity index (χ0v) is 12.9. The highest BCUT2D eigenvalue weighted by atomic mass is 16.5. The molecule has 0 N–H and O–H groups in total. The van der Waals surface area contributed by atoms with E-state index in [4.69, 9.17) is 4.74 Å². The molecular weight excluding hydrogens is 244 g/mol. The Kier molecular flexibility index (Phi) is 4.49. The average Bonchev–Trinajstić information content (AvgIpc) is 2.76. The molecule has 0 saturated carbocycles. The van der Waals surface area contributed by atoms with Gasteiger partial charge in [0.25, 0.3) is 0 Å². The summed E-state index contributed by atoms with van der Waals surface area (Å²) in [6.07, 6.45) is 12.8. The van der Waals surface area contributed by atoms with Crippen molar-refractivity contribution < 1.29 is 4.74 Å². The highest BCUT2D eigenvalue weighted by Crippen LogP contribution is 2.39. The number of methoxy groups -OCH3 is 1. The van der Waals surface area contributed by atoms with E-state index in [1.54, 1.807) is 7.11 Å². The van der Waals surface area contributed by atoms with E-state index in [1.165, 1.54) is 16.7 Å². The Labute approximate surface area is 122 Å². The van der Waals surface area contributed by atoms with Crippen molar-refractivity contribution in [2.75, 3.05) is 7.11 Å². The molecule has 0 radical (unpaired) electrons. The van der Waals surface area contributed by atoms with Gasteiger partial charge >= 0.3 is 0 Å². The molecule has 0 bridgehead atoms. The quantitative estimate of drug-likeness (QED) is 0.748. The van der Waals surface area contributed by atoms with Gasteiger partial charge in [0, 0.05) is 11.0 Å². The molecule has 0 atom stereocenters. The second kappa shape index (κ2) is 6.13. The molecule has 106 valence electrons. The summed E-state index contributed by atoms with van der Waals surface area (Å²) in [6.45, 7) is 6.75. The second-order valence-corrected chi connectivity index (χ2v) is 5.72. The fraction of sp³-hybridized carbons (Fsp3) is 0.368. The molecule has 0 fully saturated rings. The third kappa shape index (κ3) is 2.87. The highest BCUT2D eigenvalue weighted by Gasteiger charge is 2.28. The first-order valence-corrected chi connectivity index (χ1v) is 7.29. The second-order valence-electron chi connectivity index (χ2n) is 5.72. The molecular formula is C19H24O. The van der Waals surface area contributed by atoms with Crippen LogP contribution in [0.25, 0.3) is 0 Å². The third-order valence-electron chi connectivity index (χ3n) is 4.14. The van der Waals surface area contributed by atoms with Gasteiger partial charge in [0.05, 0.1) is 7.11 Å². The lowest BCUT2D eigenvalue weighted by molar-refractivity contribution is 0.399. The average molecular weight is 268 g/mol. The largest absolute Gasteiger partial charge is 0.496 e. The van der Waals surface area contributed by atoms with Gasteiger partial charge in [-0.1, -0.05) is 68.9 Å². The predicted octanol–water partition coefficient (Wildman–Crippen LogP) is 4.98. The molecule has 0 saturated heterocycles. The molecule has 1 aliphatic rings. The van der Waals surface area contributed by atoms with E-state index >= 15 is 0 Å². The van der Waals surface area contributed by atoms with Gasteiger partial charge in [-0.15, -0.1) is 0 Å². The minimum absolute atomic E-state index is 0.0322. The number of hydrogen-bond donors (Lipinski definition) is 0. The summed E-state index contributed by atoms with van der Waals surface area (Å²) in [5.74, 6) is 0.977. The molecule has 1 heteroatoms. The van der Waals surface area contributed by atoms with E-state index in [1.807, 2.05) is 0 Å². The van der Waals surface area contributed by atoms with Gasteiger partial charge < -0.3 is 4.74 Å². The summed E-state index contributed by atoms with van der Waals surface area (Å²) in [7, 11) is 1.75. The number of rotatable bonds is 4. The lowest BCUT2D eigenvalue weighted by atomic mass is 9.75. The first-order valence-electron chi connectivity index (χ1n) is 7.29. The van der Waals surface area contributed by atoms with E-state index in [-0.39, 0.29) is 5.41 Å². The van der Waals surface area contributed by atoms with Crippen LogP contribution in [0.3, 0.4) is 0 Å². The Hall–Kier alpha value is -1.76. The molecule has 2 rings (SSSR count). The SMILES string of the molecule is CCc1ccc(OC)c(C(C)(C)C2=CC=CC=CC2)c1. The number of benzene rings is 1. The fourth-order valence-corrected chi connectivity index (χ4v) is 2.68. The minimum atomic E-state index is -0.0322. The molecule has 1 aromatic rings. The summed E-state index contributed by atoms with van der Waals surface area (Å²) >= 11 is 0. The Morgan fingerprint density at radius 1 is 1.15 bits per heavy atom. The van der Waals surface area contributed by atoms with Gasteiger partial charge in [0.1, 0.15) is 5.75 Å². The van der Waals surface area contributed by atoms with Gasteiger partial charge in [0.2, 0.25) is 0 Å². The first kappa shape index (κ1) is 14.6. The number of aryl methyl sites for hydroxylation is 1. The Morgan fingerprint density at radius 2 is 1.95 bits per heavy atom. The smallest absolute Gasteiger partial charge is 0.122 e. The fourth-order valence-electron chi connectivity index (χ4n) is 2.68. The number of ether oxygens (including phenoxy) is 1. The standard InChI is InChI=1S/C19H24O/c1-5-15-12-13-18(20-4)17(14-15)19(2,3)16-10-8-6-7-9-11-16/h6-10,12-14H,5,11H2,1-4H3. The van der Waals surface area contributed by atoms with Crippen LogP contribution in [0.1, 0.15) is 38.3 Å². The molecule has 1 aliphatic carbocycles. The zero-order valence-electron chi connectivity index (χ0n) is 12.9. The van der Waals surface area contributed by atoms with Crippen LogP contribution in [0, 0.1) is 0 Å². The molecule has 0 heterocycles. The molecule has 0 spiro atoms. The van der Waals surface area contributed by atoms with Crippen LogP contribution in [-0.4, -0.2) is 7.11 Å². The summed E-state index contributed by atoms with van der Waals surface area (Å²) in [5.41, 5.74) is 4.01. The van der Waals surface area contributed by atoms with E-state index in [0.29, 0.717) is 0 Å². The van der Waals surface area contributed by atoms with Gasteiger partial charge in [-0.05, 0) is 24.5 Å². The summed E-state index contributed by atoms with van der Waals surface area (Å²) in [6, 6.07) is 6.54.